The number of rotatable bonds is 3. The summed E-state index contributed by atoms with van der Waals surface area (Å²) in [5, 5.41) is 2.93. The molecule has 6 N–H and O–H groups in total. The number of nitrogens with two attached hydrogens (primary N) is 3. The van der Waals surface area contributed by atoms with Gasteiger partial charge in [-0.15, -0.1) is 0 Å². The molecule has 0 aliphatic heterocycles. The minimum Gasteiger partial charge on any atom is -0.333 e. The summed E-state index contributed by atoms with van der Waals surface area (Å²) in [4.78, 5) is 0. The molecule has 0 bridgehead atoms. The SMILES string of the molecule is CN.CN.CN.C[Si]([C]1C=CC=C1)(c1ccccc1)c1ccccc1. The van der Waals surface area contributed by atoms with Crippen molar-refractivity contribution in [2.45, 2.75) is 6.55 Å². The summed E-state index contributed by atoms with van der Waals surface area (Å²) < 4.78 is 0. The van der Waals surface area contributed by atoms with Crippen LogP contribution in [0.3, 0.4) is 0 Å². The maximum absolute atomic E-state index is 4.50. The average Bonchev–Trinajstić information content (AvgIpc) is 3.29. The van der Waals surface area contributed by atoms with Crippen molar-refractivity contribution >= 4 is 18.4 Å². The molecule has 0 heterocycles. The van der Waals surface area contributed by atoms with Gasteiger partial charge in [0.05, 0.1) is 0 Å². The Kier molecular flexibility index (Phi) is 12.3. The summed E-state index contributed by atoms with van der Waals surface area (Å²) in [5.74, 6) is 0. The van der Waals surface area contributed by atoms with Crippen LogP contribution in [0.5, 0.6) is 0 Å². The van der Waals surface area contributed by atoms with Crippen molar-refractivity contribution in [2.75, 3.05) is 21.1 Å². The molecule has 0 amide bonds. The summed E-state index contributed by atoms with van der Waals surface area (Å²) >= 11 is 0. The van der Waals surface area contributed by atoms with Crippen LogP contribution >= 0.6 is 0 Å². The van der Waals surface area contributed by atoms with Crippen molar-refractivity contribution in [1.29, 1.82) is 0 Å². The van der Waals surface area contributed by atoms with E-state index < -0.39 is 8.07 Å². The fraction of sp³-hybridized carbons (Fsp3) is 0.190. The van der Waals surface area contributed by atoms with Crippen LogP contribution in [0.25, 0.3) is 0 Å². The first-order valence-corrected chi connectivity index (χ1v) is 10.9. The van der Waals surface area contributed by atoms with Crippen molar-refractivity contribution in [2.24, 2.45) is 17.2 Å². The summed E-state index contributed by atoms with van der Waals surface area (Å²) in [6.07, 6.45) is 8.83. The quantitative estimate of drug-likeness (QED) is 0.736. The van der Waals surface area contributed by atoms with Crippen molar-refractivity contribution < 1.29 is 0 Å². The first-order chi connectivity index (χ1) is 12.3. The van der Waals surface area contributed by atoms with Crippen LogP contribution in [0.2, 0.25) is 6.55 Å². The third-order valence-electron chi connectivity index (χ3n) is 3.94. The van der Waals surface area contributed by atoms with Crippen molar-refractivity contribution in [1.82, 2.24) is 0 Å². The predicted octanol–water partition coefficient (Wildman–Crippen LogP) is 1.84. The van der Waals surface area contributed by atoms with Gasteiger partial charge in [0.2, 0.25) is 0 Å². The second-order valence-electron chi connectivity index (χ2n) is 5.03. The van der Waals surface area contributed by atoms with Gasteiger partial charge in [-0.3, -0.25) is 0 Å². The molecule has 0 aromatic heterocycles. The topological polar surface area (TPSA) is 78.1 Å². The van der Waals surface area contributed by atoms with Crippen LogP contribution in [-0.4, -0.2) is 29.2 Å². The Hall–Kier alpha value is -1.98. The minimum absolute atomic E-state index is 1.47. The molecule has 0 unspecified atom stereocenters. The van der Waals surface area contributed by atoms with Crippen LogP contribution < -0.4 is 27.6 Å². The van der Waals surface area contributed by atoms with Gasteiger partial charge < -0.3 is 17.2 Å². The molecule has 0 fully saturated rings. The van der Waals surface area contributed by atoms with E-state index >= 15 is 0 Å². The fourth-order valence-corrected chi connectivity index (χ4v) is 6.33. The highest BCUT2D eigenvalue weighted by atomic mass is 28.3. The van der Waals surface area contributed by atoms with Crippen LogP contribution in [-0.2, 0) is 0 Å². The summed E-state index contributed by atoms with van der Waals surface area (Å²) in [5.41, 5.74) is 15.0. The van der Waals surface area contributed by atoms with Crippen LogP contribution in [0.15, 0.2) is 85.0 Å². The van der Waals surface area contributed by atoms with E-state index in [1.54, 1.807) is 0 Å². The molecule has 2 aromatic carbocycles. The maximum atomic E-state index is 4.50. The zero-order valence-corrected chi connectivity index (χ0v) is 16.8. The average molecular weight is 355 g/mol. The van der Waals surface area contributed by atoms with Crippen molar-refractivity contribution in [3.05, 3.63) is 90.5 Å². The van der Waals surface area contributed by atoms with Gasteiger partial charge in [0, 0.05) is 5.54 Å². The smallest absolute Gasteiger partial charge is 0.129 e. The minimum atomic E-state index is -1.83. The molecule has 25 heavy (non-hydrogen) atoms. The fourth-order valence-electron chi connectivity index (χ4n) is 2.75. The largest absolute Gasteiger partial charge is 0.333 e. The van der Waals surface area contributed by atoms with E-state index in [0.717, 1.165) is 0 Å². The lowest BCUT2D eigenvalue weighted by molar-refractivity contribution is 1.48. The number of hydrogen-bond acceptors (Lipinski definition) is 3. The van der Waals surface area contributed by atoms with E-state index in [1.807, 2.05) is 0 Å². The molecule has 3 rings (SSSR count). The number of allylic oxidation sites excluding steroid dienone is 4. The van der Waals surface area contributed by atoms with E-state index in [4.69, 9.17) is 0 Å². The predicted molar refractivity (Wildman–Crippen MR) is 116 cm³/mol. The van der Waals surface area contributed by atoms with E-state index in [9.17, 15) is 0 Å². The van der Waals surface area contributed by atoms with Crippen LogP contribution in [0, 0.1) is 5.54 Å². The van der Waals surface area contributed by atoms with Crippen molar-refractivity contribution in [3.63, 3.8) is 0 Å². The Morgan fingerprint density at radius 2 is 0.880 bits per heavy atom. The highest BCUT2D eigenvalue weighted by Crippen LogP contribution is 2.24. The zero-order valence-electron chi connectivity index (χ0n) is 15.8. The second-order valence-corrected chi connectivity index (χ2v) is 9.01. The van der Waals surface area contributed by atoms with E-state index in [1.165, 1.54) is 37.1 Å². The van der Waals surface area contributed by atoms with Gasteiger partial charge in [0.1, 0.15) is 8.07 Å². The molecular weight excluding hydrogens is 322 g/mol. The maximum Gasteiger partial charge on any atom is 0.129 e. The van der Waals surface area contributed by atoms with E-state index in [2.05, 4.69) is 109 Å². The molecule has 1 radical (unpaired) electrons. The van der Waals surface area contributed by atoms with Gasteiger partial charge in [-0.1, -0.05) is 102 Å². The third-order valence-corrected chi connectivity index (χ3v) is 8.41. The summed E-state index contributed by atoms with van der Waals surface area (Å²) in [7, 11) is 2.67. The Balaban J connectivity index is 0.000000871. The summed E-state index contributed by atoms with van der Waals surface area (Å²) in [6.45, 7) is 2.44. The van der Waals surface area contributed by atoms with Gasteiger partial charge in [-0.25, -0.2) is 0 Å². The Bertz CT molecular complexity index is 558. The Morgan fingerprint density at radius 1 is 0.560 bits per heavy atom. The molecule has 1 aliphatic rings. The lowest BCUT2D eigenvalue weighted by Gasteiger charge is -2.32. The molecule has 0 atom stereocenters. The van der Waals surface area contributed by atoms with Crippen LogP contribution in [0.1, 0.15) is 0 Å². The van der Waals surface area contributed by atoms with E-state index in [0.29, 0.717) is 0 Å². The van der Waals surface area contributed by atoms with Gasteiger partial charge >= 0.3 is 0 Å². The third kappa shape index (κ3) is 5.79. The standard InChI is InChI=1S/C18H17Si.3CH5N/c1-19(18-14-8-9-15-18,16-10-4-2-5-11-16)17-12-6-3-7-13-17;3*1-2/h2-15H,1H3;3*2H2,1H3. The summed E-state index contributed by atoms with van der Waals surface area (Å²) in [6, 6.07) is 21.8. The molecule has 135 valence electrons. The van der Waals surface area contributed by atoms with Gasteiger partial charge in [0.25, 0.3) is 0 Å². The number of benzene rings is 2. The second kappa shape index (κ2) is 13.3. The number of hydrogen-bond donors (Lipinski definition) is 3. The molecule has 0 saturated carbocycles. The highest BCUT2D eigenvalue weighted by Gasteiger charge is 2.38. The lowest BCUT2D eigenvalue weighted by atomic mass is 10.4. The Labute approximate surface area is 154 Å². The lowest BCUT2D eigenvalue weighted by Crippen LogP contribution is -2.59. The van der Waals surface area contributed by atoms with Crippen molar-refractivity contribution in [3.8, 4) is 0 Å². The molecule has 1 aliphatic carbocycles. The first-order valence-electron chi connectivity index (χ1n) is 8.38. The highest BCUT2D eigenvalue weighted by molar-refractivity contribution is 7.06. The first kappa shape index (κ1) is 23.0. The normalized spacial score (nSPS) is 12.1. The molecule has 4 heteroatoms. The molecule has 0 saturated heterocycles. The van der Waals surface area contributed by atoms with Crippen LogP contribution in [0.4, 0.5) is 0 Å². The molecule has 0 spiro atoms. The van der Waals surface area contributed by atoms with Gasteiger partial charge in [-0.2, -0.15) is 0 Å². The van der Waals surface area contributed by atoms with Gasteiger partial charge in [0.15, 0.2) is 0 Å². The molecule has 3 nitrogen and oxygen atoms in total. The molecule has 2 aromatic rings. The zero-order chi connectivity index (χ0) is 19.1. The van der Waals surface area contributed by atoms with Gasteiger partial charge in [-0.05, 0) is 21.1 Å². The van der Waals surface area contributed by atoms with E-state index in [-0.39, 0.29) is 0 Å². The Morgan fingerprint density at radius 3 is 1.20 bits per heavy atom. The monoisotopic (exact) mass is 354 g/mol. The molecular formula is C21H32N3Si.